The van der Waals surface area contributed by atoms with E-state index in [1.165, 1.54) is 17.5 Å². The Bertz CT molecular complexity index is 600. The molecule has 0 N–H and O–H groups in total. The minimum atomic E-state index is 0.194. The number of nitrogens with zero attached hydrogens (tertiary/aromatic N) is 2. The molecule has 0 amide bonds. The van der Waals surface area contributed by atoms with Crippen LogP contribution in [0, 0.1) is 19.8 Å². The Morgan fingerprint density at radius 2 is 2.19 bits per heavy atom. The number of hydrogen-bond donors (Lipinski definition) is 0. The van der Waals surface area contributed by atoms with E-state index >= 15 is 0 Å². The van der Waals surface area contributed by atoms with Crippen molar-refractivity contribution in [2.24, 2.45) is 5.92 Å². The van der Waals surface area contributed by atoms with Crippen LogP contribution in [0.2, 0.25) is 0 Å². The molecule has 0 saturated carbocycles. The van der Waals surface area contributed by atoms with Crippen molar-refractivity contribution in [2.45, 2.75) is 45.0 Å². The lowest BCUT2D eigenvalue weighted by Gasteiger charge is -2.11. The van der Waals surface area contributed by atoms with E-state index in [0.29, 0.717) is 11.7 Å². The van der Waals surface area contributed by atoms with Crippen LogP contribution in [0.1, 0.15) is 42.0 Å². The molecule has 0 aromatic carbocycles. The van der Waals surface area contributed by atoms with Crippen LogP contribution in [-0.2, 0) is 6.54 Å². The lowest BCUT2D eigenvalue weighted by atomic mass is 10.1. The highest BCUT2D eigenvalue weighted by Crippen LogP contribution is 2.23. The van der Waals surface area contributed by atoms with E-state index in [0.717, 1.165) is 28.6 Å². The van der Waals surface area contributed by atoms with Crippen molar-refractivity contribution >= 4 is 28.9 Å². The van der Waals surface area contributed by atoms with Gasteiger partial charge in [0, 0.05) is 35.1 Å². The van der Waals surface area contributed by atoms with Gasteiger partial charge >= 0.3 is 0 Å². The number of ketones is 1. The second-order valence-corrected chi connectivity index (χ2v) is 7.75. The van der Waals surface area contributed by atoms with Crippen LogP contribution in [-0.4, -0.2) is 21.1 Å². The number of thioether (sulfide) groups is 1. The van der Waals surface area contributed by atoms with E-state index in [4.69, 9.17) is 0 Å². The van der Waals surface area contributed by atoms with Gasteiger partial charge in [-0.2, -0.15) is 0 Å². The molecule has 3 nitrogen and oxygen atoms in total. The summed E-state index contributed by atoms with van der Waals surface area (Å²) >= 11 is 3.10. The predicted octanol–water partition coefficient (Wildman–Crippen LogP) is 4.58. The Morgan fingerprint density at radius 3 is 2.81 bits per heavy atom. The first-order valence-corrected chi connectivity index (χ1v) is 9.07. The first-order valence-electron chi connectivity index (χ1n) is 7.21. The molecule has 114 valence electrons. The molecule has 5 heteroatoms. The highest BCUT2D eigenvalue weighted by Gasteiger charge is 2.16. The van der Waals surface area contributed by atoms with Gasteiger partial charge in [-0.3, -0.25) is 4.79 Å². The topological polar surface area (TPSA) is 34.9 Å². The van der Waals surface area contributed by atoms with Crippen molar-refractivity contribution in [3.63, 3.8) is 0 Å². The number of carbonyl (C=O) groups excluding carboxylic acids is 1. The third-order valence-electron chi connectivity index (χ3n) is 3.54. The maximum absolute atomic E-state index is 12.4. The van der Waals surface area contributed by atoms with E-state index in [2.05, 4.69) is 37.2 Å². The monoisotopic (exact) mass is 322 g/mol. The highest BCUT2D eigenvalue weighted by molar-refractivity contribution is 8.01. The molecule has 0 aliphatic heterocycles. The fourth-order valence-electron chi connectivity index (χ4n) is 2.30. The quantitative estimate of drug-likeness (QED) is 0.553. The van der Waals surface area contributed by atoms with Gasteiger partial charge in [-0.25, -0.2) is 4.98 Å². The maximum Gasteiger partial charge on any atom is 0.174 e. The average molecular weight is 322 g/mol. The van der Waals surface area contributed by atoms with E-state index in [9.17, 15) is 4.79 Å². The first-order chi connectivity index (χ1) is 9.99. The maximum atomic E-state index is 12.4. The molecule has 0 fully saturated rings. The van der Waals surface area contributed by atoms with Gasteiger partial charge in [0.2, 0.25) is 0 Å². The van der Waals surface area contributed by atoms with Crippen LogP contribution >= 0.6 is 23.1 Å². The molecule has 0 atom stereocenters. The molecule has 2 heterocycles. The zero-order valence-corrected chi connectivity index (χ0v) is 14.7. The van der Waals surface area contributed by atoms with Crippen molar-refractivity contribution in [2.75, 3.05) is 5.75 Å². The van der Waals surface area contributed by atoms with Crippen LogP contribution in [0.25, 0.3) is 0 Å². The van der Waals surface area contributed by atoms with E-state index < -0.39 is 0 Å². The lowest BCUT2D eigenvalue weighted by Crippen LogP contribution is -2.08. The summed E-state index contributed by atoms with van der Waals surface area (Å²) in [5.74, 6) is 1.33. The normalized spacial score (nSPS) is 11.3. The van der Waals surface area contributed by atoms with Crippen molar-refractivity contribution < 1.29 is 4.79 Å². The summed E-state index contributed by atoms with van der Waals surface area (Å²) in [6, 6.07) is 2.03. The van der Waals surface area contributed by atoms with Gasteiger partial charge in [0.05, 0.1) is 5.75 Å². The Morgan fingerprint density at radius 1 is 1.43 bits per heavy atom. The van der Waals surface area contributed by atoms with E-state index in [1.807, 2.05) is 11.4 Å². The first kappa shape index (κ1) is 16.3. The van der Waals surface area contributed by atoms with Crippen LogP contribution < -0.4 is 0 Å². The van der Waals surface area contributed by atoms with Crippen molar-refractivity contribution in [3.05, 3.63) is 34.6 Å². The SMILES string of the molecule is Cc1cc(C(=O)CSc2nccs2)c(C)n1CCC(C)C. The smallest absolute Gasteiger partial charge is 0.174 e. The van der Waals surface area contributed by atoms with Gasteiger partial charge in [0.15, 0.2) is 5.78 Å². The standard InChI is InChI=1S/C16H22N2OS2/c1-11(2)5-7-18-12(3)9-14(13(18)4)15(19)10-21-16-17-6-8-20-16/h6,8-9,11H,5,7,10H2,1-4H3. The van der Waals surface area contributed by atoms with Gasteiger partial charge in [0.25, 0.3) is 0 Å². The molecule has 21 heavy (non-hydrogen) atoms. The molecule has 0 unspecified atom stereocenters. The van der Waals surface area contributed by atoms with E-state index in [1.54, 1.807) is 17.5 Å². The lowest BCUT2D eigenvalue weighted by molar-refractivity contribution is 0.102. The van der Waals surface area contributed by atoms with Crippen LogP contribution in [0.4, 0.5) is 0 Å². The fourth-order valence-corrected chi connectivity index (χ4v) is 3.82. The van der Waals surface area contributed by atoms with Gasteiger partial charge in [-0.1, -0.05) is 25.6 Å². The molecule has 2 aromatic rings. The molecule has 0 saturated heterocycles. The summed E-state index contributed by atoms with van der Waals surface area (Å²) in [6.07, 6.45) is 2.91. The zero-order chi connectivity index (χ0) is 15.4. The minimum absolute atomic E-state index is 0.194. The summed E-state index contributed by atoms with van der Waals surface area (Å²) in [6.45, 7) is 9.57. The minimum Gasteiger partial charge on any atom is -0.348 e. The highest BCUT2D eigenvalue weighted by atomic mass is 32.2. The van der Waals surface area contributed by atoms with Crippen LogP contribution in [0.5, 0.6) is 0 Å². The number of carbonyl (C=O) groups is 1. The molecule has 0 bridgehead atoms. The molecule has 0 aliphatic rings. The Kier molecular flexibility index (Phi) is 5.65. The summed E-state index contributed by atoms with van der Waals surface area (Å²) in [4.78, 5) is 16.6. The second-order valence-electron chi connectivity index (χ2n) is 5.63. The number of aryl methyl sites for hydroxylation is 1. The summed E-state index contributed by atoms with van der Waals surface area (Å²) in [7, 11) is 0. The van der Waals surface area contributed by atoms with Crippen molar-refractivity contribution in [1.82, 2.24) is 9.55 Å². The molecule has 2 rings (SSSR count). The van der Waals surface area contributed by atoms with Crippen LogP contribution in [0.15, 0.2) is 22.0 Å². The number of hydrogen-bond acceptors (Lipinski definition) is 4. The Hall–Kier alpha value is -1.07. The fraction of sp³-hybridized carbons (Fsp3) is 0.500. The predicted molar refractivity (Wildman–Crippen MR) is 90.5 cm³/mol. The van der Waals surface area contributed by atoms with Crippen LogP contribution in [0.3, 0.4) is 0 Å². The van der Waals surface area contributed by atoms with E-state index in [-0.39, 0.29) is 5.78 Å². The molecule has 0 aliphatic carbocycles. The number of Topliss-reactive ketones (excluding diaryl/α,β-unsaturated/α-hetero) is 1. The second kappa shape index (κ2) is 7.27. The molecular formula is C16H22N2OS2. The van der Waals surface area contributed by atoms with Gasteiger partial charge in [0.1, 0.15) is 4.34 Å². The summed E-state index contributed by atoms with van der Waals surface area (Å²) in [5, 5.41) is 1.94. The third-order valence-corrected chi connectivity index (χ3v) is 5.51. The van der Waals surface area contributed by atoms with Gasteiger partial charge in [-0.15, -0.1) is 11.3 Å². The summed E-state index contributed by atoms with van der Waals surface area (Å²) in [5.41, 5.74) is 3.13. The third kappa shape index (κ3) is 4.20. The number of rotatable bonds is 7. The summed E-state index contributed by atoms with van der Waals surface area (Å²) < 4.78 is 3.22. The molecule has 0 spiro atoms. The molecular weight excluding hydrogens is 300 g/mol. The Balaban J connectivity index is 2.05. The van der Waals surface area contributed by atoms with Crippen molar-refractivity contribution in [3.8, 4) is 0 Å². The Labute approximate surface area is 134 Å². The largest absolute Gasteiger partial charge is 0.348 e. The zero-order valence-electron chi connectivity index (χ0n) is 13.0. The molecule has 0 radical (unpaired) electrons. The average Bonchev–Trinajstić information content (AvgIpc) is 3.03. The number of aromatic nitrogens is 2. The van der Waals surface area contributed by atoms with Crippen molar-refractivity contribution in [1.29, 1.82) is 0 Å². The van der Waals surface area contributed by atoms with Gasteiger partial charge < -0.3 is 4.57 Å². The molecule has 2 aromatic heterocycles. The van der Waals surface area contributed by atoms with Gasteiger partial charge in [-0.05, 0) is 32.3 Å². The number of thiazole rings is 1.